The zero-order valence-corrected chi connectivity index (χ0v) is 17.7. The summed E-state index contributed by atoms with van der Waals surface area (Å²) in [6.45, 7) is 5.72. The summed E-state index contributed by atoms with van der Waals surface area (Å²) in [6.07, 6.45) is 3.40. The molecule has 0 unspecified atom stereocenters. The summed E-state index contributed by atoms with van der Waals surface area (Å²) in [4.78, 5) is 25.5. The third-order valence-electron chi connectivity index (χ3n) is 5.53. The molecule has 1 aliphatic heterocycles. The predicted molar refractivity (Wildman–Crippen MR) is 113 cm³/mol. The van der Waals surface area contributed by atoms with Crippen LogP contribution in [0.15, 0.2) is 34.3 Å². The summed E-state index contributed by atoms with van der Waals surface area (Å²) in [6, 6.07) is 5.98. The molecular weight excluding hydrogens is 400 g/mol. The van der Waals surface area contributed by atoms with Gasteiger partial charge in [0.2, 0.25) is 5.89 Å². The fourth-order valence-corrected chi connectivity index (χ4v) is 4.68. The van der Waals surface area contributed by atoms with Crippen molar-refractivity contribution in [3.63, 3.8) is 0 Å². The molecule has 8 nitrogen and oxygen atoms in total. The minimum absolute atomic E-state index is 0.0290. The summed E-state index contributed by atoms with van der Waals surface area (Å²) >= 11 is 1.69. The van der Waals surface area contributed by atoms with Crippen molar-refractivity contribution in [2.45, 2.75) is 39.2 Å². The number of likely N-dealkylation sites (tertiary alicyclic amines) is 1. The molecule has 9 heteroatoms. The molecule has 0 N–H and O–H groups in total. The van der Waals surface area contributed by atoms with Crippen molar-refractivity contribution >= 4 is 28.3 Å². The van der Waals surface area contributed by atoms with Crippen LogP contribution in [0.4, 0.5) is 0 Å². The number of carbonyl (C=O) groups excluding carboxylic acids is 1. The van der Waals surface area contributed by atoms with Crippen LogP contribution in [-0.4, -0.2) is 48.8 Å². The molecule has 1 saturated heterocycles. The Morgan fingerprint density at radius 3 is 2.80 bits per heavy atom. The van der Waals surface area contributed by atoms with Crippen LogP contribution in [0.3, 0.4) is 0 Å². The molecule has 30 heavy (non-hydrogen) atoms. The van der Waals surface area contributed by atoms with E-state index in [1.165, 1.54) is 4.88 Å². The van der Waals surface area contributed by atoms with Crippen LogP contribution in [0.5, 0.6) is 0 Å². The predicted octanol–water partition coefficient (Wildman–Crippen LogP) is 3.56. The van der Waals surface area contributed by atoms with E-state index in [0.29, 0.717) is 36.9 Å². The maximum atomic E-state index is 13.4. The van der Waals surface area contributed by atoms with Gasteiger partial charge < -0.3 is 9.42 Å². The SMILES string of the molecule is Cc1cc(C(=O)N2CCC(c3nc(C)no3)CC2)c2cnn(Cc3cccs3)c2n1. The molecule has 1 fully saturated rings. The Bertz CT molecular complexity index is 1190. The molecule has 4 aromatic rings. The normalized spacial score (nSPS) is 15.2. The number of rotatable bonds is 4. The van der Waals surface area contributed by atoms with Crippen LogP contribution >= 0.6 is 11.3 Å². The van der Waals surface area contributed by atoms with Crippen molar-refractivity contribution < 1.29 is 9.32 Å². The van der Waals surface area contributed by atoms with Gasteiger partial charge in [-0.3, -0.25) is 4.79 Å². The Labute approximate surface area is 177 Å². The molecule has 0 aromatic carbocycles. The van der Waals surface area contributed by atoms with E-state index in [1.54, 1.807) is 17.5 Å². The number of aryl methyl sites for hydroxylation is 2. The molecule has 0 bridgehead atoms. The number of amides is 1. The first kappa shape index (κ1) is 18.9. The Kier molecular flexibility index (Phi) is 4.82. The van der Waals surface area contributed by atoms with Gasteiger partial charge in [-0.15, -0.1) is 11.3 Å². The van der Waals surface area contributed by atoms with Crippen molar-refractivity contribution in [1.82, 2.24) is 29.8 Å². The molecule has 0 atom stereocenters. The topological polar surface area (TPSA) is 89.9 Å². The fraction of sp³-hybridized carbons (Fsp3) is 0.381. The molecule has 0 radical (unpaired) electrons. The van der Waals surface area contributed by atoms with E-state index in [9.17, 15) is 4.79 Å². The zero-order chi connectivity index (χ0) is 20.7. The van der Waals surface area contributed by atoms with E-state index in [2.05, 4.69) is 26.3 Å². The number of aromatic nitrogens is 5. The van der Waals surface area contributed by atoms with Crippen LogP contribution in [-0.2, 0) is 6.54 Å². The van der Waals surface area contributed by atoms with Crippen LogP contribution in [0.2, 0.25) is 0 Å². The van der Waals surface area contributed by atoms with Gasteiger partial charge in [0, 0.05) is 29.6 Å². The molecule has 0 aliphatic carbocycles. The van der Waals surface area contributed by atoms with E-state index in [-0.39, 0.29) is 11.8 Å². The Hall–Kier alpha value is -3.07. The lowest BCUT2D eigenvalue weighted by molar-refractivity contribution is 0.0706. The molecular formula is C21H22N6O2S. The van der Waals surface area contributed by atoms with E-state index in [4.69, 9.17) is 4.52 Å². The second kappa shape index (κ2) is 7.64. The van der Waals surface area contributed by atoms with Crippen LogP contribution in [0.25, 0.3) is 11.0 Å². The highest BCUT2D eigenvalue weighted by Crippen LogP contribution is 2.29. The summed E-state index contributed by atoms with van der Waals surface area (Å²) in [7, 11) is 0. The highest BCUT2D eigenvalue weighted by molar-refractivity contribution is 7.09. The van der Waals surface area contributed by atoms with Crippen molar-refractivity contribution in [3.8, 4) is 0 Å². The fourth-order valence-electron chi connectivity index (χ4n) is 3.99. The van der Waals surface area contributed by atoms with Gasteiger partial charge in [-0.1, -0.05) is 11.2 Å². The van der Waals surface area contributed by atoms with E-state index in [0.717, 1.165) is 29.6 Å². The van der Waals surface area contributed by atoms with Gasteiger partial charge in [-0.25, -0.2) is 9.67 Å². The van der Waals surface area contributed by atoms with E-state index < -0.39 is 0 Å². The number of carbonyl (C=O) groups is 1. The van der Waals surface area contributed by atoms with Gasteiger partial charge in [0.25, 0.3) is 5.91 Å². The van der Waals surface area contributed by atoms with Crippen molar-refractivity contribution in [2.24, 2.45) is 0 Å². The summed E-state index contributed by atoms with van der Waals surface area (Å²) in [5, 5.41) is 11.3. The average molecular weight is 423 g/mol. The summed E-state index contributed by atoms with van der Waals surface area (Å²) in [5.74, 6) is 1.57. The van der Waals surface area contributed by atoms with Gasteiger partial charge >= 0.3 is 0 Å². The maximum absolute atomic E-state index is 13.4. The van der Waals surface area contributed by atoms with Crippen LogP contribution in [0, 0.1) is 13.8 Å². The number of pyridine rings is 1. The Balaban J connectivity index is 1.38. The first-order valence-corrected chi connectivity index (χ1v) is 10.9. The highest BCUT2D eigenvalue weighted by atomic mass is 32.1. The second-order valence-corrected chi connectivity index (χ2v) is 8.71. The second-order valence-electron chi connectivity index (χ2n) is 7.68. The monoisotopic (exact) mass is 422 g/mol. The number of nitrogens with zero attached hydrogens (tertiary/aromatic N) is 6. The molecule has 1 aliphatic rings. The van der Waals surface area contributed by atoms with Gasteiger partial charge in [0.15, 0.2) is 11.5 Å². The van der Waals surface area contributed by atoms with Gasteiger partial charge in [-0.2, -0.15) is 10.1 Å². The Morgan fingerprint density at radius 2 is 2.10 bits per heavy atom. The molecule has 154 valence electrons. The lowest BCUT2D eigenvalue weighted by Gasteiger charge is -2.30. The molecule has 0 spiro atoms. The average Bonchev–Trinajstić information content (AvgIpc) is 3.50. The van der Waals surface area contributed by atoms with E-state index in [1.807, 2.05) is 40.9 Å². The lowest BCUT2D eigenvalue weighted by atomic mass is 9.96. The minimum atomic E-state index is 0.0290. The number of piperidine rings is 1. The van der Waals surface area contributed by atoms with Crippen molar-refractivity contribution in [3.05, 3.63) is 57.6 Å². The summed E-state index contributed by atoms with van der Waals surface area (Å²) in [5.41, 5.74) is 2.24. The third-order valence-corrected chi connectivity index (χ3v) is 6.39. The van der Waals surface area contributed by atoms with Crippen molar-refractivity contribution in [1.29, 1.82) is 0 Å². The molecule has 5 heterocycles. The number of thiophene rings is 1. The largest absolute Gasteiger partial charge is 0.339 e. The minimum Gasteiger partial charge on any atom is -0.339 e. The summed E-state index contributed by atoms with van der Waals surface area (Å²) < 4.78 is 7.19. The molecule has 1 amide bonds. The number of fused-ring (bicyclic) bond motifs is 1. The van der Waals surface area contributed by atoms with Crippen molar-refractivity contribution in [2.75, 3.05) is 13.1 Å². The quantitative estimate of drug-likeness (QED) is 0.499. The van der Waals surface area contributed by atoms with Gasteiger partial charge in [-0.05, 0) is 44.2 Å². The van der Waals surface area contributed by atoms with Gasteiger partial charge in [0.05, 0.1) is 23.7 Å². The number of hydrogen-bond acceptors (Lipinski definition) is 7. The molecule has 4 aromatic heterocycles. The zero-order valence-electron chi connectivity index (χ0n) is 16.9. The van der Waals surface area contributed by atoms with Crippen LogP contribution < -0.4 is 0 Å². The molecule has 5 rings (SSSR count). The molecule has 0 saturated carbocycles. The third kappa shape index (κ3) is 3.49. The first-order valence-electron chi connectivity index (χ1n) is 10.0. The Morgan fingerprint density at radius 1 is 1.27 bits per heavy atom. The van der Waals surface area contributed by atoms with Crippen LogP contribution in [0.1, 0.15) is 51.4 Å². The highest BCUT2D eigenvalue weighted by Gasteiger charge is 2.29. The maximum Gasteiger partial charge on any atom is 0.254 e. The van der Waals surface area contributed by atoms with Gasteiger partial charge in [0.1, 0.15) is 0 Å². The first-order chi connectivity index (χ1) is 14.6. The standard InChI is InChI=1S/C21H22N6O2S/c1-13-10-17(18-11-22-27(19(18)23-13)12-16-4-3-9-30-16)21(28)26-7-5-15(6-8-26)20-24-14(2)25-29-20/h3-4,9-11,15H,5-8,12H2,1-2H3. The van der Waals surface area contributed by atoms with E-state index >= 15 is 0 Å². The lowest BCUT2D eigenvalue weighted by Crippen LogP contribution is -2.38. The number of hydrogen-bond donors (Lipinski definition) is 0. The smallest absolute Gasteiger partial charge is 0.254 e.